The monoisotopic (exact) mass is 389 g/mol. The molecule has 1 aromatic heterocycles. The van der Waals surface area contributed by atoms with Gasteiger partial charge >= 0.3 is 0 Å². The van der Waals surface area contributed by atoms with E-state index in [0.29, 0.717) is 24.4 Å². The van der Waals surface area contributed by atoms with Crippen LogP contribution in [0.2, 0.25) is 0 Å². The van der Waals surface area contributed by atoms with E-state index in [2.05, 4.69) is 4.98 Å². The van der Waals surface area contributed by atoms with Gasteiger partial charge in [-0.05, 0) is 50.2 Å². The van der Waals surface area contributed by atoms with Gasteiger partial charge in [0.25, 0.3) is 5.91 Å². The number of piperazine rings is 1. The van der Waals surface area contributed by atoms with Crippen molar-refractivity contribution in [3.63, 3.8) is 0 Å². The van der Waals surface area contributed by atoms with E-state index in [9.17, 15) is 13.2 Å². The van der Waals surface area contributed by atoms with Crippen LogP contribution in [0.5, 0.6) is 5.75 Å². The van der Waals surface area contributed by atoms with Crippen LogP contribution >= 0.6 is 0 Å². The Hall–Kier alpha value is -2.45. The van der Waals surface area contributed by atoms with Crippen LogP contribution in [-0.2, 0) is 10.0 Å². The summed E-state index contributed by atoms with van der Waals surface area (Å²) in [4.78, 5) is 18.3. The third kappa shape index (κ3) is 4.45. The molecule has 0 aliphatic carbocycles. The SMILES string of the molecule is CC(C)Oc1ccc(S(=O)(=O)N2CCN(C(=O)c3cccnc3)CC2)cc1. The number of nitrogens with zero attached hydrogens (tertiary/aromatic N) is 3. The number of hydrogen-bond donors (Lipinski definition) is 0. The number of pyridine rings is 1. The molecule has 144 valence electrons. The largest absolute Gasteiger partial charge is 0.491 e. The molecule has 0 bridgehead atoms. The Labute approximate surface area is 159 Å². The molecule has 1 aromatic carbocycles. The molecule has 8 heteroatoms. The topological polar surface area (TPSA) is 79.8 Å². The summed E-state index contributed by atoms with van der Waals surface area (Å²) in [7, 11) is -3.59. The van der Waals surface area contributed by atoms with Crippen molar-refractivity contribution in [3.8, 4) is 5.75 Å². The van der Waals surface area contributed by atoms with Crippen LogP contribution in [0.1, 0.15) is 24.2 Å². The average molecular weight is 389 g/mol. The fourth-order valence-corrected chi connectivity index (χ4v) is 4.34. The maximum absolute atomic E-state index is 12.8. The minimum Gasteiger partial charge on any atom is -0.491 e. The Morgan fingerprint density at radius 2 is 1.74 bits per heavy atom. The first-order chi connectivity index (χ1) is 12.9. The van der Waals surface area contributed by atoms with Gasteiger partial charge in [-0.2, -0.15) is 4.31 Å². The van der Waals surface area contributed by atoms with Gasteiger partial charge in [0.15, 0.2) is 0 Å². The Morgan fingerprint density at radius 3 is 2.30 bits per heavy atom. The van der Waals surface area contributed by atoms with Crippen LogP contribution in [0.25, 0.3) is 0 Å². The van der Waals surface area contributed by atoms with Gasteiger partial charge in [0.05, 0.1) is 16.6 Å². The van der Waals surface area contributed by atoms with E-state index in [1.54, 1.807) is 47.5 Å². The predicted molar refractivity (Wildman–Crippen MR) is 101 cm³/mol. The van der Waals surface area contributed by atoms with Crippen LogP contribution in [0.3, 0.4) is 0 Å². The molecule has 0 N–H and O–H groups in total. The maximum Gasteiger partial charge on any atom is 0.255 e. The lowest BCUT2D eigenvalue weighted by Crippen LogP contribution is -2.50. The first kappa shape index (κ1) is 19.3. The molecule has 2 aromatic rings. The summed E-state index contributed by atoms with van der Waals surface area (Å²) in [6.45, 7) is 5.05. The number of hydrogen-bond acceptors (Lipinski definition) is 5. The van der Waals surface area contributed by atoms with Crippen molar-refractivity contribution in [1.82, 2.24) is 14.2 Å². The zero-order valence-corrected chi connectivity index (χ0v) is 16.2. The van der Waals surface area contributed by atoms with E-state index >= 15 is 0 Å². The molecule has 0 radical (unpaired) electrons. The predicted octanol–water partition coefficient (Wildman–Crippen LogP) is 2.02. The van der Waals surface area contributed by atoms with Gasteiger partial charge in [0.2, 0.25) is 10.0 Å². The van der Waals surface area contributed by atoms with E-state index in [4.69, 9.17) is 4.74 Å². The lowest BCUT2D eigenvalue weighted by molar-refractivity contribution is 0.0697. The fourth-order valence-electron chi connectivity index (χ4n) is 2.91. The van der Waals surface area contributed by atoms with Gasteiger partial charge < -0.3 is 9.64 Å². The van der Waals surface area contributed by atoms with Crippen molar-refractivity contribution < 1.29 is 17.9 Å². The molecule has 1 saturated heterocycles. The number of ether oxygens (including phenoxy) is 1. The first-order valence-electron chi connectivity index (χ1n) is 8.84. The quantitative estimate of drug-likeness (QED) is 0.782. The number of carbonyl (C=O) groups excluding carboxylic acids is 1. The molecule has 0 saturated carbocycles. The van der Waals surface area contributed by atoms with Crippen LogP contribution in [-0.4, -0.2) is 60.8 Å². The van der Waals surface area contributed by atoms with Gasteiger partial charge in [-0.25, -0.2) is 8.42 Å². The number of carbonyl (C=O) groups is 1. The summed E-state index contributed by atoms with van der Waals surface area (Å²) in [5.41, 5.74) is 0.509. The zero-order chi connectivity index (χ0) is 19.4. The van der Waals surface area contributed by atoms with E-state index < -0.39 is 10.0 Å². The van der Waals surface area contributed by atoms with Crippen LogP contribution in [0.15, 0.2) is 53.7 Å². The Morgan fingerprint density at radius 1 is 1.07 bits per heavy atom. The summed E-state index contributed by atoms with van der Waals surface area (Å²) in [5.74, 6) is 0.506. The minimum atomic E-state index is -3.59. The molecule has 3 rings (SSSR count). The summed E-state index contributed by atoms with van der Waals surface area (Å²) in [6, 6.07) is 9.85. The summed E-state index contributed by atoms with van der Waals surface area (Å²) >= 11 is 0. The molecule has 1 aliphatic heterocycles. The molecular weight excluding hydrogens is 366 g/mol. The fraction of sp³-hybridized carbons (Fsp3) is 0.368. The average Bonchev–Trinajstić information content (AvgIpc) is 2.68. The van der Waals surface area contributed by atoms with E-state index in [-0.39, 0.29) is 30.0 Å². The molecule has 1 amide bonds. The summed E-state index contributed by atoms with van der Waals surface area (Å²) in [6.07, 6.45) is 3.16. The molecule has 1 fully saturated rings. The van der Waals surface area contributed by atoms with Crippen LogP contribution < -0.4 is 4.74 Å². The second-order valence-electron chi connectivity index (χ2n) is 6.58. The smallest absolute Gasteiger partial charge is 0.255 e. The van der Waals surface area contributed by atoms with Gasteiger partial charge in [0.1, 0.15) is 5.75 Å². The van der Waals surface area contributed by atoms with E-state index in [1.807, 2.05) is 13.8 Å². The second kappa shape index (κ2) is 8.06. The van der Waals surface area contributed by atoms with Crippen molar-refractivity contribution in [2.24, 2.45) is 0 Å². The number of benzene rings is 1. The number of aromatic nitrogens is 1. The summed E-state index contributed by atoms with van der Waals surface area (Å²) < 4.78 is 32.6. The van der Waals surface area contributed by atoms with Crippen molar-refractivity contribution in [1.29, 1.82) is 0 Å². The molecule has 7 nitrogen and oxygen atoms in total. The molecule has 1 aliphatic rings. The first-order valence-corrected chi connectivity index (χ1v) is 10.3. The Bertz CT molecular complexity index is 875. The van der Waals surface area contributed by atoms with Gasteiger partial charge in [-0.1, -0.05) is 0 Å². The van der Waals surface area contributed by atoms with E-state index in [0.717, 1.165) is 0 Å². The third-order valence-electron chi connectivity index (χ3n) is 4.27. The lowest BCUT2D eigenvalue weighted by atomic mass is 10.2. The molecule has 0 unspecified atom stereocenters. The molecular formula is C19H23N3O4S. The number of amides is 1. The van der Waals surface area contributed by atoms with Crippen molar-refractivity contribution in [2.75, 3.05) is 26.2 Å². The van der Waals surface area contributed by atoms with Crippen molar-refractivity contribution in [2.45, 2.75) is 24.8 Å². The van der Waals surface area contributed by atoms with Crippen LogP contribution in [0.4, 0.5) is 0 Å². The van der Waals surface area contributed by atoms with Crippen molar-refractivity contribution in [3.05, 3.63) is 54.4 Å². The molecule has 0 atom stereocenters. The number of sulfonamides is 1. The highest BCUT2D eigenvalue weighted by molar-refractivity contribution is 7.89. The normalized spacial score (nSPS) is 15.7. The highest BCUT2D eigenvalue weighted by Crippen LogP contribution is 2.22. The minimum absolute atomic E-state index is 0.0258. The number of rotatable bonds is 5. The standard InChI is InChI=1S/C19H23N3O4S/c1-15(2)26-17-5-7-18(8-6-17)27(24,25)22-12-10-21(11-13-22)19(23)16-4-3-9-20-14-16/h3-9,14-15H,10-13H2,1-2H3. The molecule has 0 spiro atoms. The highest BCUT2D eigenvalue weighted by Gasteiger charge is 2.30. The zero-order valence-electron chi connectivity index (χ0n) is 15.4. The van der Waals surface area contributed by atoms with Gasteiger partial charge in [-0.3, -0.25) is 9.78 Å². The third-order valence-corrected chi connectivity index (χ3v) is 6.18. The molecule has 2 heterocycles. The highest BCUT2D eigenvalue weighted by atomic mass is 32.2. The van der Waals surface area contributed by atoms with Crippen molar-refractivity contribution >= 4 is 15.9 Å². The Kier molecular flexibility index (Phi) is 5.76. The lowest BCUT2D eigenvalue weighted by Gasteiger charge is -2.34. The van der Waals surface area contributed by atoms with Gasteiger partial charge in [0, 0.05) is 38.6 Å². The summed E-state index contributed by atoms with van der Waals surface area (Å²) in [5, 5.41) is 0. The second-order valence-corrected chi connectivity index (χ2v) is 8.51. The maximum atomic E-state index is 12.8. The Balaban J connectivity index is 1.65. The molecule has 27 heavy (non-hydrogen) atoms. The van der Waals surface area contributed by atoms with Crippen LogP contribution in [0, 0.1) is 0 Å². The van der Waals surface area contributed by atoms with E-state index in [1.165, 1.54) is 10.5 Å². The van der Waals surface area contributed by atoms with Gasteiger partial charge in [-0.15, -0.1) is 0 Å².